The SMILES string of the molecule is CC(C)(C)S(=O)(=O)NC(c1nccs1)C1(C(N)=O)CC1. The highest BCUT2D eigenvalue weighted by molar-refractivity contribution is 7.90. The second-order valence-electron chi connectivity index (χ2n) is 6.06. The minimum absolute atomic E-state index is 0.477. The van der Waals surface area contributed by atoms with Crippen LogP contribution < -0.4 is 10.5 Å². The first-order valence-corrected chi connectivity index (χ1v) is 8.68. The van der Waals surface area contributed by atoms with Crippen molar-refractivity contribution in [3.63, 3.8) is 0 Å². The number of carbonyl (C=O) groups excluding carboxylic acids is 1. The second-order valence-corrected chi connectivity index (χ2v) is 9.45. The molecule has 1 fully saturated rings. The molecule has 1 aromatic rings. The van der Waals surface area contributed by atoms with Gasteiger partial charge in [-0.3, -0.25) is 4.79 Å². The third-order valence-corrected chi connectivity index (χ3v) is 6.61. The summed E-state index contributed by atoms with van der Waals surface area (Å²) in [7, 11) is -3.59. The van der Waals surface area contributed by atoms with Gasteiger partial charge >= 0.3 is 0 Å². The molecular weight excluding hydrogens is 298 g/mol. The molecule has 1 amide bonds. The number of hydrogen-bond acceptors (Lipinski definition) is 5. The Balaban J connectivity index is 2.38. The van der Waals surface area contributed by atoms with Crippen molar-refractivity contribution in [1.82, 2.24) is 9.71 Å². The predicted octanol–water partition coefficient (Wildman–Crippen LogP) is 1.17. The van der Waals surface area contributed by atoms with Crippen molar-refractivity contribution in [3.8, 4) is 0 Å². The van der Waals surface area contributed by atoms with E-state index in [1.165, 1.54) is 11.3 Å². The molecule has 1 aromatic heterocycles. The van der Waals surface area contributed by atoms with Crippen molar-refractivity contribution in [2.45, 2.75) is 44.4 Å². The van der Waals surface area contributed by atoms with Crippen molar-refractivity contribution in [1.29, 1.82) is 0 Å². The first-order valence-electron chi connectivity index (χ1n) is 6.31. The van der Waals surface area contributed by atoms with E-state index in [9.17, 15) is 13.2 Å². The second kappa shape index (κ2) is 4.78. The van der Waals surface area contributed by atoms with Gasteiger partial charge in [0.25, 0.3) is 0 Å². The van der Waals surface area contributed by atoms with Gasteiger partial charge in [0.05, 0.1) is 16.2 Å². The van der Waals surface area contributed by atoms with Crippen molar-refractivity contribution in [3.05, 3.63) is 16.6 Å². The Kier molecular flexibility index (Phi) is 3.68. The molecule has 1 aliphatic carbocycles. The van der Waals surface area contributed by atoms with Gasteiger partial charge in [0.15, 0.2) is 0 Å². The molecule has 1 aliphatic rings. The maximum Gasteiger partial charge on any atom is 0.225 e. The Hall–Kier alpha value is -0.990. The number of aromatic nitrogens is 1. The van der Waals surface area contributed by atoms with Crippen molar-refractivity contribution in [2.24, 2.45) is 11.1 Å². The Labute approximate surface area is 122 Å². The lowest BCUT2D eigenvalue weighted by atomic mass is 9.97. The Morgan fingerprint density at radius 3 is 2.45 bits per heavy atom. The van der Waals surface area contributed by atoms with Crippen LogP contribution in [-0.2, 0) is 14.8 Å². The van der Waals surface area contributed by atoms with Gasteiger partial charge in [-0.1, -0.05) is 0 Å². The smallest absolute Gasteiger partial charge is 0.225 e. The number of thiazole rings is 1. The molecule has 0 aliphatic heterocycles. The molecule has 0 radical (unpaired) electrons. The van der Waals surface area contributed by atoms with Crippen LogP contribution in [0.3, 0.4) is 0 Å². The third-order valence-electron chi connectivity index (χ3n) is 3.61. The van der Waals surface area contributed by atoms with Crippen molar-refractivity contribution < 1.29 is 13.2 Å². The molecule has 112 valence electrons. The highest BCUT2D eigenvalue weighted by Crippen LogP contribution is 2.55. The summed E-state index contributed by atoms with van der Waals surface area (Å²) in [4.78, 5) is 15.9. The fourth-order valence-corrected chi connectivity index (χ4v) is 3.80. The molecule has 1 unspecified atom stereocenters. The van der Waals surface area contributed by atoms with E-state index in [0.717, 1.165) is 0 Å². The quantitative estimate of drug-likeness (QED) is 0.851. The van der Waals surface area contributed by atoms with E-state index in [-0.39, 0.29) is 0 Å². The molecule has 1 heterocycles. The van der Waals surface area contributed by atoms with E-state index in [2.05, 4.69) is 9.71 Å². The molecule has 0 saturated heterocycles. The normalized spacial score (nSPS) is 19.6. The van der Waals surface area contributed by atoms with Crippen LogP contribution in [0.25, 0.3) is 0 Å². The number of sulfonamides is 1. The van der Waals surface area contributed by atoms with Gasteiger partial charge in [-0.2, -0.15) is 0 Å². The Morgan fingerprint density at radius 2 is 2.10 bits per heavy atom. The van der Waals surface area contributed by atoms with E-state index in [0.29, 0.717) is 17.8 Å². The zero-order valence-electron chi connectivity index (χ0n) is 11.7. The average Bonchev–Trinajstić information content (AvgIpc) is 2.93. The molecule has 1 atom stereocenters. The number of rotatable bonds is 5. The van der Waals surface area contributed by atoms with Crippen LogP contribution in [0.2, 0.25) is 0 Å². The number of amides is 1. The zero-order valence-corrected chi connectivity index (χ0v) is 13.3. The minimum atomic E-state index is -3.59. The molecule has 20 heavy (non-hydrogen) atoms. The summed E-state index contributed by atoms with van der Waals surface area (Å²) >= 11 is 1.32. The van der Waals surface area contributed by atoms with E-state index < -0.39 is 32.1 Å². The molecule has 3 N–H and O–H groups in total. The van der Waals surface area contributed by atoms with Gasteiger partial charge in [-0.25, -0.2) is 18.1 Å². The molecule has 6 nitrogen and oxygen atoms in total. The summed E-state index contributed by atoms with van der Waals surface area (Å²) in [5.74, 6) is -0.477. The minimum Gasteiger partial charge on any atom is -0.369 e. The monoisotopic (exact) mass is 317 g/mol. The van der Waals surface area contributed by atoms with Crippen LogP contribution >= 0.6 is 11.3 Å². The van der Waals surface area contributed by atoms with Gasteiger partial charge in [-0.05, 0) is 33.6 Å². The van der Waals surface area contributed by atoms with Crippen molar-refractivity contribution >= 4 is 27.3 Å². The maximum atomic E-state index is 12.4. The summed E-state index contributed by atoms with van der Waals surface area (Å²) in [5.41, 5.74) is 4.63. The van der Waals surface area contributed by atoms with Gasteiger partial charge < -0.3 is 5.73 Å². The number of hydrogen-bond donors (Lipinski definition) is 2. The lowest BCUT2D eigenvalue weighted by molar-refractivity contribution is -0.124. The maximum absolute atomic E-state index is 12.4. The molecule has 0 aromatic carbocycles. The molecule has 8 heteroatoms. The first-order chi connectivity index (χ1) is 9.10. The highest BCUT2D eigenvalue weighted by Gasteiger charge is 2.57. The van der Waals surface area contributed by atoms with Crippen LogP contribution in [0.15, 0.2) is 11.6 Å². The zero-order chi connectivity index (χ0) is 15.2. The van der Waals surface area contributed by atoms with Crippen LogP contribution in [0.1, 0.15) is 44.7 Å². The van der Waals surface area contributed by atoms with Crippen LogP contribution in [0, 0.1) is 5.41 Å². The third kappa shape index (κ3) is 2.59. The molecule has 0 bridgehead atoms. The number of nitrogens with two attached hydrogens (primary N) is 1. The molecule has 1 saturated carbocycles. The fourth-order valence-electron chi connectivity index (χ4n) is 1.92. The topological polar surface area (TPSA) is 102 Å². The average molecular weight is 317 g/mol. The summed E-state index contributed by atoms with van der Waals surface area (Å²) in [6.07, 6.45) is 2.76. The van der Waals surface area contributed by atoms with Gasteiger partial charge in [-0.15, -0.1) is 11.3 Å². The summed E-state index contributed by atoms with van der Waals surface area (Å²) in [6, 6.07) is -0.677. The summed E-state index contributed by atoms with van der Waals surface area (Å²) in [6.45, 7) is 4.83. The van der Waals surface area contributed by atoms with Crippen molar-refractivity contribution in [2.75, 3.05) is 0 Å². The number of carbonyl (C=O) groups is 1. The summed E-state index contributed by atoms with van der Waals surface area (Å²) in [5, 5.41) is 2.33. The van der Waals surface area contributed by atoms with E-state index in [1.807, 2.05) is 0 Å². The Bertz CT molecular complexity index is 598. The number of nitrogens with zero attached hydrogens (tertiary/aromatic N) is 1. The Morgan fingerprint density at radius 1 is 1.50 bits per heavy atom. The fraction of sp³-hybridized carbons (Fsp3) is 0.667. The lowest BCUT2D eigenvalue weighted by Gasteiger charge is -2.28. The predicted molar refractivity (Wildman–Crippen MR) is 77.5 cm³/mol. The van der Waals surface area contributed by atoms with Crippen LogP contribution in [0.5, 0.6) is 0 Å². The van der Waals surface area contributed by atoms with Gasteiger partial charge in [0, 0.05) is 11.6 Å². The van der Waals surface area contributed by atoms with Crippen LogP contribution in [-0.4, -0.2) is 24.1 Å². The van der Waals surface area contributed by atoms with E-state index >= 15 is 0 Å². The number of primary amides is 1. The van der Waals surface area contributed by atoms with E-state index in [4.69, 9.17) is 5.73 Å². The molecule has 2 rings (SSSR count). The van der Waals surface area contributed by atoms with E-state index in [1.54, 1.807) is 32.3 Å². The summed E-state index contributed by atoms with van der Waals surface area (Å²) < 4.78 is 26.4. The van der Waals surface area contributed by atoms with Gasteiger partial charge in [0.1, 0.15) is 5.01 Å². The standard InChI is InChI=1S/C12H19N3O3S2/c1-11(2,3)20(17,18)15-8(9-14-6-7-19-9)12(4-5-12)10(13)16/h6-8,15H,4-5H2,1-3H3,(H2,13,16). The molecular formula is C12H19N3O3S2. The lowest BCUT2D eigenvalue weighted by Crippen LogP contribution is -2.46. The largest absolute Gasteiger partial charge is 0.369 e. The highest BCUT2D eigenvalue weighted by atomic mass is 32.2. The van der Waals surface area contributed by atoms with Crippen LogP contribution in [0.4, 0.5) is 0 Å². The first kappa shape index (κ1) is 15.4. The molecule has 0 spiro atoms. The van der Waals surface area contributed by atoms with Gasteiger partial charge in [0.2, 0.25) is 15.9 Å². The number of nitrogens with one attached hydrogen (secondary N) is 1.